The van der Waals surface area contributed by atoms with Crippen LogP contribution in [0.1, 0.15) is 28.2 Å². The number of amides is 2. The molecule has 1 fully saturated rings. The number of carbonyl (C=O) groups is 2. The summed E-state index contributed by atoms with van der Waals surface area (Å²) in [5.41, 5.74) is 0.617. The minimum absolute atomic E-state index is 0.0229. The van der Waals surface area contributed by atoms with Crippen molar-refractivity contribution in [3.63, 3.8) is 0 Å². The predicted octanol–water partition coefficient (Wildman–Crippen LogP) is 2.99. The summed E-state index contributed by atoms with van der Waals surface area (Å²) < 4.78 is 0. The number of carbonyl (C=O) groups excluding carboxylic acids is 2. The molecule has 126 valence electrons. The molecule has 1 aliphatic rings. The van der Waals surface area contributed by atoms with Crippen LogP contribution in [0.4, 0.5) is 5.13 Å². The van der Waals surface area contributed by atoms with Crippen molar-refractivity contribution in [2.24, 2.45) is 5.92 Å². The molecule has 1 aliphatic heterocycles. The Morgan fingerprint density at radius 1 is 1.21 bits per heavy atom. The van der Waals surface area contributed by atoms with Crippen molar-refractivity contribution in [2.75, 3.05) is 18.4 Å². The first-order valence-electron chi connectivity index (χ1n) is 7.69. The van der Waals surface area contributed by atoms with Crippen molar-refractivity contribution in [2.45, 2.75) is 19.8 Å². The van der Waals surface area contributed by atoms with Crippen LogP contribution < -0.4 is 5.32 Å². The zero-order valence-electron chi connectivity index (χ0n) is 13.2. The molecule has 2 amide bonds. The van der Waals surface area contributed by atoms with Gasteiger partial charge in [-0.05, 0) is 44.0 Å². The number of halogens is 1. The van der Waals surface area contributed by atoms with Gasteiger partial charge in [0, 0.05) is 29.6 Å². The first-order chi connectivity index (χ1) is 11.5. The predicted molar refractivity (Wildman–Crippen MR) is 93.4 cm³/mol. The number of aromatic nitrogens is 2. The Hall–Kier alpha value is -1.99. The van der Waals surface area contributed by atoms with Gasteiger partial charge in [0.1, 0.15) is 5.01 Å². The van der Waals surface area contributed by atoms with Crippen LogP contribution in [0.5, 0.6) is 0 Å². The van der Waals surface area contributed by atoms with E-state index in [0.717, 1.165) is 5.01 Å². The van der Waals surface area contributed by atoms with Crippen molar-refractivity contribution in [1.82, 2.24) is 15.1 Å². The highest BCUT2D eigenvalue weighted by Crippen LogP contribution is 2.22. The lowest BCUT2D eigenvalue weighted by Gasteiger charge is -2.31. The molecule has 1 aromatic heterocycles. The molecular weight excluding hydrogens is 348 g/mol. The molecule has 2 aromatic rings. The van der Waals surface area contributed by atoms with Crippen molar-refractivity contribution < 1.29 is 9.59 Å². The van der Waals surface area contributed by atoms with Crippen LogP contribution in [0.25, 0.3) is 0 Å². The fourth-order valence-electron chi connectivity index (χ4n) is 2.67. The number of hydrogen-bond donors (Lipinski definition) is 1. The van der Waals surface area contributed by atoms with E-state index >= 15 is 0 Å². The molecule has 3 rings (SSSR count). The topological polar surface area (TPSA) is 75.2 Å². The van der Waals surface area contributed by atoms with Crippen LogP contribution in [0, 0.1) is 12.8 Å². The lowest BCUT2D eigenvalue weighted by molar-refractivity contribution is -0.121. The molecule has 0 atom stereocenters. The maximum atomic E-state index is 12.4. The number of likely N-dealkylation sites (tertiary alicyclic amines) is 1. The molecule has 24 heavy (non-hydrogen) atoms. The van der Waals surface area contributed by atoms with Crippen LogP contribution in [-0.2, 0) is 4.79 Å². The van der Waals surface area contributed by atoms with E-state index in [0.29, 0.717) is 41.6 Å². The molecule has 2 heterocycles. The van der Waals surface area contributed by atoms with Crippen molar-refractivity contribution >= 4 is 39.9 Å². The molecule has 1 N–H and O–H groups in total. The van der Waals surface area contributed by atoms with E-state index in [4.69, 9.17) is 11.6 Å². The SMILES string of the molecule is Cc1nnc(NC(=O)C2CCN(C(=O)c3ccc(Cl)cc3)CC2)s1. The van der Waals surface area contributed by atoms with Crippen LogP contribution in [0.2, 0.25) is 5.02 Å². The molecule has 0 aliphatic carbocycles. The van der Waals surface area contributed by atoms with Gasteiger partial charge in [0.15, 0.2) is 0 Å². The molecule has 0 unspecified atom stereocenters. The van der Waals surface area contributed by atoms with Gasteiger partial charge in [0.25, 0.3) is 5.91 Å². The second-order valence-corrected chi connectivity index (χ2v) is 7.31. The monoisotopic (exact) mass is 364 g/mol. The highest BCUT2D eigenvalue weighted by Gasteiger charge is 2.28. The second kappa shape index (κ2) is 7.27. The number of benzene rings is 1. The van der Waals surface area contributed by atoms with Gasteiger partial charge in [0.2, 0.25) is 11.0 Å². The summed E-state index contributed by atoms with van der Waals surface area (Å²) in [5.74, 6) is -0.182. The van der Waals surface area contributed by atoms with Crippen LogP contribution in [0.3, 0.4) is 0 Å². The second-order valence-electron chi connectivity index (χ2n) is 5.69. The van der Waals surface area contributed by atoms with Gasteiger partial charge >= 0.3 is 0 Å². The number of anilines is 1. The summed E-state index contributed by atoms with van der Waals surface area (Å²) in [6, 6.07) is 6.86. The van der Waals surface area contributed by atoms with E-state index in [9.17, 15) is 9.59 Å². The minimum atomic E-state index is -0.108. The van der Waals surface area contributed by atoms with E-state index in [-0.39, 0.29) is 17.7 Å². The number of piperidine rings is 1. The number of nitrogens with one attached hydrogen (secondary N) is 1. The number of nitrogens with zero attached hydrogens (tertiary/aromatic N) is 3. The largest absolute Gasteiger partial charge is 0.339 e. The quantitative estimate of drug-likeness (QED) is 0.908. The smallest absolute Gasteiger partial charge is 0.253 e. The summed E-state index contributed by atoms with van der Waals surface area (Å²) >= 11 is 7.20. The van der Waals surface area contributed by atoms with Gasteiger partial charge in [-0.1, -0.05) is 22.9 Å². The summed E-state index contributed by atoms with van der Waals surface area (Å²) in [5, 5.41) is 12.5. The summed E-state index contributed by atoms with van der Waals surface area (Å²) in [7, 11) is 0. The average molecular weight is 365 g/mol. The Morgan fingerprint density at radius 2 is 1.88 bits per heavy atom. The van der Waals surface area contributed by atoms with Gasteiger partial charge in [0.05, 0.1) is 0 Å². The van der Waals surface area contributed by atoms with Gasteiger partial charge in [-0.25, -0.2) is 0 Å². The third-order valence-electron chi connectivity index (χ3n) is 4.00. The van der Waals surface area contributed by atoms with E-state index in [1.807, 2.05) is 6.92 Å². The normalized spacial score (nSPS) is 15.3. The van der Waals surface area contributed by atoms with Gasteiger partial charge in [-0.3, -0.25) is 9.59 Å². The molecular formula is C16H17ClN4O2S. The summed E-state index contributed by atoms with van der Waals surface area (Å²) in [4.78, 5) is 26.5. The van der Waals surface area contributed by atoms with E-state index in [2.05, 4.69) is 15.5 Å². The molecule has 0 spiro atoms. The first-order valence-corrected chi connectivity index (χ1v) is 8.88. The molecule has 0 bridgehead atoms. The maximum Gasteiger partial charge on any atom is 0.253 e. The van der Waals surface area contributed by atoms with Crippen molar-refractivity contribution in [3.8, 4) is 0 Å². The van der Waals surface area contributed by atoms with Gasteiger partial charge in [-0.15, -0.1) is 10.2 Å². The zero-order chi connectivity index (χ0) is 17.1. The fraction of sp³-hybridized carbons (Fsp3) is 0.375. The molecule has 1 saturated heterocycles. The zero-order valence-corrected chi connectivity index (χ0v) is 14.7. The Kier molecular flexibility index (Phi) is 5.11. The minimum Gasteiger partial charge on any atom is -0.339 e. The molecule has 0 saturated carbocycles. The van der Waals surface area contributed by atoms with Gasteiger partial charge < -0.3 is 10.2 Å². The number of aryl methyl sites for hydroxylation is 1. The molecule has 1 aromatic carbocycles. The van der Waals surface area contributed by atoms with E-state index < -0.39 is 0 Å². The van der Waals surface area contributed by atoms with E-state index in [1.165, 1.54) is 11.3 Å². The first kappa shape index (κ1) is 16.9. The third-order valence-corrected chi connectivity index (χ3v) is 5.01. The van der Waals surface area contributed by atoms with Crippen LogP contribution in [-0.4, -0.2) is 40.0 Å². The lowest BCUT2D eigenvalue weighted by Crippen LogP contribution is -2.41. The Morgan fingerprint density at radius 3 is 2.46 bits per heavy atom. The van der Waals surface area contributed by atoms with E-state index in [1.54, 1.807) is 29.2 Å². The Balaban J connectivity index is 1.54. The van der Waals surface area contributed by atoms with Crippen LogP contribution in [0.15, 0.2) is 24.3 Å². The number of rotatable bonds is 3. The van der Waals surface area contributed by atoms with Crippen LogP contribution >= 0.6 is 22.9 Å². The average Bonchev–Trinajstić information content (AvgIpc) is 3.00. The lowest BCUT2D eigenvalue weighted by atomic mass is 9.95. The van der Waals surface area contributed by atoms with Gasteiger partial charge in [-0.2, -0.15) is 0 Å². The molecule has 8 heteroatoms. The Labute approximate surface area is 148 Å². The molecule has 6 nitrogen and oxygen atoms in total. The molecule has 0 radical (unpaired) electrons. The highest BCUT2D eigenvalue weighted by molar-refractivity contribution is 7.15. The highest BCUT2D eigenvalue weighted by atomic mass is 35.5. The van der Waals surface area contributed by atoms with Crippen molar-refractivity contribution in [1.29, 1.82) is 0 Å². The summed E-state index contributed by atoms with van der Waals surface area (Å²) in [6.45, 7) is 2.97. The third kappa shape index (κ3) is 3.91. The summed E-state index contributed by atoms with van der Waals surface area (Å²) in [6.07, 6.45) is 1.28. The number of hydrogen-bond acceptors (Lipinski definition) is 5. The Bertz CT molecular complexity index is 739. The fourth-order valence-corrected chi connectivity index (χ4v) is 3.40. The van der Waals surface area contributed by atoms with Crippen molar-refractivity contribution in [3.05, 3.63) is 39.9 Å². The maximum absolute atomic E-state index is 12.4. The standard InChI is InChI=1S/C16H17ClN4O2S/c1-10-19-20-16(24-10)18-14(22)11-6-8-21(9-7-11)15(23)12-2-4-13(17)5-3-12/h2-5,11H,6-9H2,1H3,(H,18,20,22).